The van der Waals surface area contributed by atoms with Crippen molar-refractivity contribution in [3.63, 3.8) is 0 Å². The standard InChI is InChI=1S/C30H37N7O/c1-23-29(26-10-5-7-24(21-26)11-14-32-13-6-20-38)30-33-27(25-8-3-2-4-9-25)22-28(37(30)34-23)36-18-16-35(15-12-31)17-19-36/h2-5,7-10,20-22,32H,6,11-19,31H2,1H3. The molecule has 198 valence electrons. The van der Waals surface area contributed by atoms with Crippen LogP contribution in [0.3, 0.4) is 0 Å². The highest BCUT2D eigenvalue weighted by atomic mass is 16.1. The molecule has 2 aromatic heterocycles. The average Bonchev–Trinajstić information content (AvgIpc) is 3.29. The van der Waals surface area contributed by atoms with Gasteiger partial charge < -0.3 is 20.7 Å². The molecule has 1 fully saturated rings. The Morgan fingerprint density at radius 3 is 2.53 bits per heavy atom. The van der Waals surface area contributed by atoms with Gasteiger partial charge in [0.25, 0.3) is 0 Å². The minimum atomic E-state index is 0.543. The number of nitrogens with two attached hydrogens (primary N) is 1. The number of rotatable bonds is 11. The molecule has 0 saturated carbocycles. The number of nitrogens with one attached hydrogen (secondary N) is 1. The van der Waals surface area contributed by atoms with Crippen molar-refractivity contribution >= 4 is 17.8 Å². The lowest BCUT2D eigenvalue weighted by atomic mass is 10.0. The Balaban J connectivity index is 1.53. The second-order valence-corrected chi connectivity index (χ2v) is 9.83. The number of anilines is 1. The number of benzene rings is 2. The first-order chi connectivity index (χ1) is 18.7. The molecule has 4 aromatic rings. The number of aromatic nitrogens is 3. The summed E-state index contributed by atoms with van der Waals surface area (Å²) >= 11 is 0. The molecule has 0 atom stereocenters. The quantitative estimate of drug-likeness (QED) is 0.236. The number of piperazine rings is 1. The van der Waals surface area contributed by atoms with Crippen LogP contribution in [0.25, 0.3) is 28.0 Å². The first-order valence-corrected chi connectivity index (χ1v) is 13.5. The van der Waals surface area contributed by atoms with Crippen molar-refractivity contribution in [2.45, 2.75) is 19.8 Å². The Bertz CT molecular complexity index is 1360. The number of carbonyl (C=O) groups is 1. The van der Waals surface area contributed by atoms with Crippen LogP contribution in [0.15, 0.2) is 60.7 Å². The van der Waals surface area contributed by atoms with E-state index in [9.17, 15) is 4.79 Å². The van der Waals surface area contributed by atoms with Gasteiger partial charge in [-0.15, -0.1) is 0 Å². The van der Waals surface area contributed by atoms with Crippen LogP contribution in [-0.2, 0) is 11.2 Å². The highest BCUT2D eigenvalue weighted by Crippen LogP contribution is 2.33. The van der Waals surface area contributed by atoms with E-state index in [0.29, 0.717) is 19.5 Å². The third-order valence-electron chi connectivity index (χ3n) is 7.20. The molecule has 8 heteroatoms. The van der Waals surface area contributed by atoms with Crippen molar-refractivity contribution < 1.29 is 4.79 Å². The van der Waals surface area contributed by atoms with E-state index in [1.165, 1.54) is 5.56 Å². The molecule has 3 N–H and O–H groups in total. The third-order valence-corrected chi connectivity index (χ3v) is 7.20. The monoisotopic (exact) mass is 511 g/mol. The lowest BCUT2D eigenvalue weighted by Crippen LogP contribution is -2.48. The summed E-state index contributed by atoms with van der Waals surface area (Å²) in [5.74, 6) is 1.08. The fourth-order valence-electron chi connectivity index (χ4n) is 5.21. The number of carbonyl (C=O) groups excluding carboxylic acids is 1. The Kier molecular flexibility index (Phi) is 8.43. The zero-order valence-electron chi connectivity index (χ0n) is 22.1. The van der Waals surface area contributed by atoms with Crippen LogP contribution < -0.4 is 16.0 Å². The number of hydrogen-bond donors (Lipinski definition) is 2. The fourth-order valence-corrected chi connectivity index (χ4v) is 5.21. The van der Waals surface area contributed by atoms with Crippen LogP contribution >= 0.6 is 0 Å². The topological polar surface area (TPSA) is 91.8 Å². The molecule has 0 bridgehead atoms. The van der Waals surface area contributed by atoms with Gasteiger partial charge in [0.05, 0.1) is 11.4 Å². The SMILES string of the molecule is Cc1nn2c(N3CCN(CCN)CC3)cc(-c3ccccc3)nc2c1-c1cccc(CCNCCC=O)c1. The Labute approximate surface area is 224 Å². The van der Waals surface area contributed by atoms with E-state index in [1.807, 2.05) is 10.6 Å². The van der Waals surface area contributed by atoms with Crippen molar-refractivity contribution in [3.8, 4) is 22.4 Å². The number of nitrogens with zero attached hydrogens (tertiary/aromatic N) is 5. The molecule has 3 heterocycles. The van der Waals surface area contributed by atoms with E-state index < -0.39 is 0 Å². The predicted octanol–water partition coefficient (Wildman–Crippen LogP) is 3.17. The zero-order chi connectivity index (χ0) is 26.3. The molecule has 0 spiro atoms. The van der Waals surface area contributed by atoms with Gasteiger partial charge in [0.15, 0.2) is 5.65 Å². The van der Waals surface area contributed by atoms with Crippen LogP contribution in [0.5, 0.6) is 0 Å². The van der Waals surface area contributed by atoms with Gasteiger partial charge in [-0.05, 0) is 31.0 Å². The van der Waals surface area contributed by atoms with Gasteiger partial charge in [-0.3, -0.25) is 4.90 Å². The van der Waals surface area contributed by atoms with Crippen LogP contribution in [-0.4, -0.2) is 78.1 Å². The van der Waals surface area contributed by atoms with Crippen molar-refractivity contribution in [2.75, 3.05) is 57.3 Å². The van der Waals surface area contributed by atoms with Gasteiger partial charge in [-0.25, -0.2) is 4.98 Å². The molecule has 8 nitrogen and oxygen atoms in total. The molecule has 5 rings (SSSR count). The predicted molar refractivity (Wildman–Crippen MR) is 154 cm³/mol. The van der Waals surface area contributed by atoms with Gasteiger partial charge in [-0.1, -0.05) is 54.6 Å². The largest absolute Gasteiger partial charge is 0.354 e. The summed E-state index contributed by atoms with van der Waals surface area (Å²) in [4.78, 5) is 20.6. The van der Waals surface area contributed by atoms with Crippen LogP contribution in [0, 0.1) is 6.92 Å². The van der Waals surface area contributed by atoms with Gasteiger partial charge in [0.2, 0.25) is 0 Å². The molecular weight excluding hydrogens is 474 g/mol. The summed E-state index contributed by atoms with van der Waals surface area (Å²) < 4.78 is 2.03. The third kappa shape index (κ3) is 5.78. The summed E-state index contributed by atoms with van der Waals surface area (Å²) in [7, 11) is 0. The first kappa shape index (κ1) is 26.0. The Hall–Kier alpha value is -3.59. The maximum absolute atomic E-state index is 10.6. The first-order valence-electron chi connectivity index (χ1n) is 13.5. The Morgan fingerprint density at radius 2 is 1.76 bits per heavy atom. The lowest BCUT2D eigenvalue weighted by Gasteiger charge is -2.35. The van der Waals surface area contributed by atoms with E-state index in [0.717, 1.165) is 91.5 Å². The fraction of sp³-hybridized carbons (Fsp3) is 0.367. The van der Waals surface area contributed by atoms with Crippen molar-refractivity contribution in [1.29, 1.82) is 0 Å². The molecule has 1 aliphatic heterocycles. The normalized spacial score (nSPS) is 14.3. The molecule has 0 amide bonds. The number of aryl methyl sites for hydroxylation is 1. The van der Waals surface area contributed by atoms with Crippen molar-refractivity contribution in [3.05, 3.63) is 71.9 Å². The number of fused-ring (bicyclic) bond motifs is 1. The summed E-state index contributed by atoms with van der Waals surface area (Å²) in [6.07, 6.45) is 2.39. The van der Waals surface area contributed by atoms with E-state index in [-0.39, 0.29) is 0 Å². The molecule has 0 unspecified atom stereocenters. The Morgan fingerprint density at radius 1 is 0.974 bits per heavy atom. The van der Waals surface area contributed by atoms with Gasteiger partial charge in [0.1, 0.15) is 12.1 Å². The highest BCUT2D eigenvalue weighted by Gasteiger charge is 2.23. The minimum Gasteiger partial charge on any atom is -0.354 e. The molecule has 0 aliphatic carbocycles. The molecule has 1 saturated heterocycles. The summed E-state index contributed by atoms with van der Waals surface area (Å²) in [6.45, 7) is 9.06. The number of hydrogen-bond acceptors (Lipinski definition) is 7. The molecule has 2 aromatic carbocycles. The zero-order valence-corrected chi connectivity index (χ0v) is 22.1. The van der Waals surface area contributed by atoms with E-state index in [2.05, 4.69) is 76.6 Å². The molecule has 1 aliphatic rings. The average molecular weight is 512 g/mol. The highest BCUT2D eigenvalue weighted by molar-refractivity contribution is 5.83. The van der Waals surface area contributed by atoms with Crippen LogP contribution in [0.1, 0.15) is 17.7 Å². The van der Waals surface area contributed by atoms with E-state index >= 15 is 0 Å². The molecule has 38 heavy (non-hydrogen) atoms. The second-order valence-electron chi connectivity index (χ2n) is 9.83. The van der Waals surface area contributed by atoms with E-state index in [4.69, 9.17) is 15.8 Å². The van der Waals surface area contributed by atoms with Gasteiger partial charge in [-0.2, -0.15) is 9.61 Å². The van der Waals surface area contributed by atoms with Gasteiger partial charge in [0, 0.05) is 69.4 Å². The van der Waals surface area contributed by atoms with E-state index in [1.54, 1.807) is 0 Å². The molecule has 0 radical (unpaired) electrons. The van der Waals surface area contributed by atoms with Crippen molar-refractivity contribution in [1.82, 2.24) is 24.8 Å². The molecular formula is C30H37N7O. The summed E-state index contributed by atoms with van der Waals surface area (Å²) in [5.41, 5.74) is 13.1. The van der Waals surface area contributed by atoms with Crippen molar-refractivity contribution in [2.24, 2.45) is 5.73 Å². The lowest BCUT2D eigenvalue weighted by molar-refractivity contribution is -0.107. The maximum Gasteiger partial charge on any atom is 0.166 e. The number of aldehydes is 1. The van der Waals surface area contributed by atoms with Gasteiger partial charge >= 0.3 is 0 Å². The van der Waals surface area contributed by atoms with Crippen LogP contribution in [0.2, 0.25) is 0 Å². The summed E-state index contributed by atoms with van der Waals surface area (Å²) in [5, 5.41) is 8.35. The maximum atomic E-state index is 10.6. The second kappa shape index (κ2) is 12.3. The summed E-state index contributed by atoms with van der Waals surface area (Å²) in [6, 6.07) is 21.2. The minimum absolute atomic E-state index is 0.543. The smallest absolute Gasteiger partial charge is 0.166 e. The van der Waals surface area contributed by atoms with Crippen LogP contribution in [0.4, 0.5) is 5.82 Å².